The summed E-state index contributed by atoms with van der Waals surface area (Å²) in [7, 11) is 3.70. The van der Waals surface area contributed by atoms with Crippen LogP contribution in [0.4, 0.5) is 0 Å². The van der Waals surface area contributed by atoms with Crippen LogP contribution in [0.15, 0.2) is 6.20 Å². The molecular weight excluding hydrogens is 190 g/mol. The molecule has 4 heteroatoms. The van der Waals surface area contributed by atoms with E-state index in [9.17, 15) is 0 Å². The second-order valence-corrected chi connectivity index (χ2v) is 3.82. The zero-order valence-electron chi connectivity index (χ0n) is 10.1. The first kappa shape index (κ1) is 12.2. The maximum atomic E-state index is 5.14. The molecule has 1 heterocycles. The van der Waals surface area contributed by atoms with Crippen molar-refractivity contribution in [1.82, 2.24) is 15.1 Å². The number of methoxy groups -OCH3 is 1. The first-order chi connectivity index (χ1) is 7.19. The quantitative estimate of drug-likeness (QED) is 0.769. The van der Waals surface area contributed by atoms with E-state index in [1.165, 1.54) is 11.3 Å². The third-order valence-electron chi connectivity index (χ3n) is 2.78. The van der Waals surface area contributed by atoms with E-state index in [2.05, 4.69) is 24.3 Å². The molecule has 15 heavy (non-hydrogen) atoms. The highest BCUT2D eigenvalue weighted by atomic mass is 16.5. The molecule has 0 aliphatic heterocycles. The fourth-order valence-electron chi connectivity index (χ4n) is 1.49. The molecule has 86 valence electrons. The lowest BCUT2D eigenvalue weighted by atomic mass is 10.2. The molecule has 0 aromatic carbocycles. The Morgan fingerprint density at radius 2 is 2.33 bits per heavy atom. The monoisotopic (exact) mass is 211 g/mol. The van der Waals surface area contributed by atoms with Crippen molar-refractivity contribution < 1.29 is 4.74 Å². The standard InChI is InChI=1S/C11H21N3O/c1-5-11(8-15-4)12-6-10-7-13-14(3)9(10)2/h7,11-12H,5-6,8H2,1-4H3/t11-/m1/s1. The summed E-state index contributed by atoms with van der Waals surface area (Å²) in [6.07, 6.45) is 3.00. The topological polar surface area (TPSA) is 39.1 Å². The minimum absolute atomic E-state index is 0.426. The van der Waals surface area contributed by atoms with Crippen molar-refractivity contribution >= 4 is 0 Å². The largest absolute Gasteiger partial charge is 0.383 e. The van der Waals surface area contributed by atoms with E-state index in [0.29, 0.717) is 6.04 Å². The molecule has 4 nitrogen and oxygen atoms in total. The van der Waals surface area contributed by atoms with Gasteiger partial charge in [0.15, 0.2) is 0 Å². The Morgan fingerprint density at radius 1 is 1.60 bits per heavy atom. The van der Waals surface area contributed by atoms with Crippen LogP contribution in [0, 0.1) is 6.92 Å². The van der Waals surface area contributed by atoms with Gasteiger partial charge < -0.3 is 10.1 Å². The number of nitrogens with zero attached hydrogens (tertiary/aromatic N) is 2. The summed E-state index contributed by atoms with van der Waals surface area (Å²) < 4.78 is 7.03. The molecule has 0 saturated heterocycles. The molecule has 0 spiro atoms. The molecule has 0 unspecified atom stereocenters. The summed E-state index contributed by atoms with van der Waals surface area (Å²) in [6.45, 7) is 5.87. The fraction of sp³-hybridized carbons (Fsp3) is 0.727. The molecular formula is C11H21N3O. The van der Waals surface area contributed by atoms with Gasteiger partial charge in [-0.2, -0.15) is 5.10 Å². The van der Waals surface area contributed by atoms with Gasteiger partial charge in [0, 0.05) is 38.0 Å². The van der Waals surface area contributed by atoms with Crippen molar-refractivity contribution in [3.05, 3.63) is 17.5 Å². The van der Waals surface area contributed by atoms with Gasteiger partial charge in [0.2, 0.25) is 0 Å². The Labute approximate surface area is 91.6 Å². The van der Waals surface area contributed by atoms with E-state index in [4.69, 9.17) is 4.74 Å². The SMILES string of the molecule is CC[C@H](COC)NCc1cnn(C)c1C. The smallest absolute Gasteiger partial charge is 0.0615 e. The van der Waals surface area contributed by atoms with Gasteiger partial charge in [0.25, 0.3) is 0 Å². The van der Waals surface area contributed by atoms with Crippen LogP contribution >= 0.6 is 0 Å². The third kappa shape index (κ3) is 3.32. The summed E-state index contributed by atoms with van der Waals surface area (Å²) in [6, 6.07) is 0.426. The van der Waals surface area contributed by atoms with Gasteiger partial charge in [-0.3, -0.25) is 4.68 Å². The van der Waals surface area contributed by atoms with Crippen LogP contribution < -0.4 is 5.32 Å². The molecule has 0 aliphatic carbocycles. The number of aromatic nitrogens is 2. The van der Waals surface area contributed by atoms with Crippen LogP contribution in [0.2, 0.25) is 0 Å². The van der Waals surface area contributed by atoms with Crippen LogP contribution in [-0.2, 0) is 18.3 Å². The lowest BCUT2D eigenvalue weighted by molar-refractivity contribution is 0.164. The molecule has 1 N–H and O–H groups in total. The average molecular weight is 211 g/mol. The summed E-state index contributed by atoms with van der Waals surface area (Å²) >= 11 is 0. The normalized spacial score (nSPS) is 13.1. The highest BCUT2D eigenvalue weighted by Crippen LogP contribution is 2.05. The van der Waals surface area contributed by atoms with E-state index < -0.39 is 0 Å². The van der Waals surface area contributed by atoms with Crippen LogP contribution in [0.3, 0.4) is 0 Å². The van der Waals surface area contributed by atoms with Gasteiger partial charge in [-0.15, -0.1) is 0 Å². The van der Waals surface area contributed by atoms with Crippen LogP contribution in [0.1, 0.15) is 24.6 Å². The number of hydrogen-bond acceptors (Lipinski definition) is 3. The van der Waals surface area contributed by atoms with Crippen LogP contribution in [-0.4, -0.2) is 29.5 Å². The summed E-state index contributed by atoms with van der Waals surface area (Å²) in [5.74, 6) is 0. The van der Waals surface area contributed by atoms with E-state index in [1.807, 2.05) is 17.9 Å². The molecule has 0 bridgehead atoms. The molecule has 0 aliphatic rings. The number of hydrogen-bond donors (Lipinski definition) is 1. The zero-order chi connectivity index (χ0) is 11.3. The Balaban J connectivity index is 2.45. The number of aryl methyl sites for hydroxylation is 1. The molecule has 1 rings (SSSR count). The second-order valence-electron chi connectivity index (χ2n) is 3.82. The maximum Gasteiger partial charge on any atom is 0.0615 e. The molecule has 1 atom stereocenters. The van der Waals surface area contributed by atoms with Gasteiger partial charge in [-0.25, -0.2) is 0 Å². The maximum absolute atomic E-state index is 5.14. The van der Waals surface area contributed by atoms with Crippen LogP contribution in [0.25, 0.3) is 0 Å². The predicted molar refractivity (Wildman–Crippen MR) is 60.7 cm³/mol. The molecule has 0 amide bonds. The van der Waals surface area contributed by atoms with E-state index in [1.54, 1.807) is 7.11 Å². The van der Waals surface area contributed by atoms with Gasteiger partial charge in [0.05, 0.1) is 12.8 Å². The van der Waals surface area contributed by atoms with E-state index in [-0.39, 0.29) is 0 Å². The van der Waals surface area contributed by atoms with E-state index >= 15 is 0 Å². The van der Waals surface area contributed by atoms with Gasteiger partial charge >= 0.3 is 0 Å². The number of rotatable bonds is 6. The Hall–Kier alpha value is -0.870. The predicted octanol–water partition coefficient (Wildman–Crippen LogP) is 1.24. The van der Waals surface area contributed by atoms with Gasteiger partial charge in [-0.05, 0) is 13.3 Å². The molecule has 1 aromatic rings. The van der Waals surface area contributed by atoms with Crippen molar-refractivity contribution in [2.75, 3.05) is 13.7 Å². The van der Waals surface area contributed by atoms with Crippen LogP contribution in [0.5, 0.6) is 0 Å². The highest BCUT2D eigenvalue weighted by Gasteiger charge is 2.07. The number of nitrogens with one attached hydrogen (secondary N) is 1. The van der Waals surface area contributed by atoms with Gasteiger partial charge in [0.1, 0.15) is 0 Å². The Morgan fingerprint density at radius 3 is 2.80 bits per heavy atom. The van der Waals surface area contributed by atoms with Crippen molar-refractivity contribution in [2.24, 2.45) is 7.05 Å². The summed E-state index contributed by atoms with van der Waals surface area (Å²) in [5, 5.41) is 7.67. The first-order valence-electron chi connectivity index (χ1n) is 5.38. The highest BCUT2D eigenvalue weighted by molar-refractivity contribution is 5.15. The molecule has 0 saturated carbocycles. The molecule has 0 fully saturated rings. The lowest BCUT2D eigenvalue weighted by Crippen LogP contribution is -2.32. The summed E-state index contributed by atoms with van der Waals surface area (Å²) in [4.78, 5) is 0. The lowest BCUT2D eigenvalue weighted by Gasteiger charge is -2.15. The van der Waals surface area contributed by atoms with Gasteiger partial charge in [-0.1, -0.05) is 6.92 Å². The van der Waals surface area contributed by atoms with E-state index in [0.717, 1.165) is 19.6 Å². The minimum Gasteiger partial charge on any atom is -0.383 e. The average Bonchev–Trinajstić information content (AvgIpc) is 2.55. The van der Waals surface area contributed by atoms with Crippen molar-refractivity contribution in [3.8, 4) is 0 Å². The van der Waals surface area contributed by atoms with Crippen molar-refractivity contribution in [3.63, 3.8) is 0 Å². The third-order valence-corrected chi connectivity index (χ3v) is 2.78. The fourth-order valence-corrected chi connectivity index (χ4v) is 1.49. The zero-order valence-corrected chi connectivity index (χ0v) is 10.1. The minimum atomic E-state index is 0.426. The second kappa shape index (κ2) is 5.88. The molecule has 0 radical (unpaired) electrons. The summed E-state index contributed by atoms with van der Waals surface area (Å²) in [5.41, 5.74) is 2.47. The Bertz CT molecular complexity index is 296. The van der Waals surface area contributed by atoms with Crippen molar-refractivity contribution in [1.29, 1.82) is 0 Å². The first-order valence-corrected chi connectivity index (χ1v) is 5.38. The van der Waals surface area contributed by atoms with Crippen molar-refractivity contribution in [2.45, 2.75) is 32.9 Å². The Kier molecular flexibility index (Phi) is 4.78. The molecule has 1 aromatic heterocycles. The number of ether oxygens (including phenoxy) is 1.